The molecule has 7 rings (SSSR count). The van der Waals surface area contributed by atoms with Crippen LogP contribution in [0.3, 0.4) is 0 Å². The number of aromatic nitrogens is 4. The minimum absolute atomic E-state index is 0.0680. The van der Waals surface area contributed by atoms with Crippen LogP contribution in [0.15, 0.2) is 64.6 Å². The molecule has 0 atom stereocenters. The van der Waals surface area contributed by atoms with Gasteiger partial charge in [0.05, 0.1) is 11.4 Å². The highest BCUT2D eigenvalue weighted by molar-refractivity contribution is 6.03. The lowest BCUT2D eigenvalue weighted by Gasteiger charge is -2.35. The third kappa shape index (κ3) is 9.10. The first kappa shape index (κ1) is 37.9. The van der Waals surface area contributed by atoms with E-state index < -0.39 is 34.4 Å². The van der Waals surface area contributed by atoms with Crippen molar-refractivity contribution in [3.8, 4) is 17.3 Å². The Hall–Kier alpha value is -5.44. The fourth-order valence-electron chi connectivity index (χ4n) is 7.00. The quantitative estimate of drug-likeness (QED) is 0.209. The number of halogens is 2. The largest absolute Gasteiger partial charge is 0.444 e. The van der Waals surface area contributed by atoms with Gasteiger partial charge in [0.15, 0.2) is 11.6 Å². The molecular formula is C40H45F2N7O6. The van der Waals surface area contributed by atoms with Crippen LogP contribution >= 0.6 is 0 Å². The van der Waals surface area contributed by atoms with Gasteiger partial charge in [-0.25, -0.2) is 32.9 Å². The number of rotatable bonds is 10. The summed E-state index contributed by atoms with van der Waals surface area (Å²) >= 11 is 0. The zero-order valence-electron chi connectivity index (χ0n) is 31.2. The fraction of sp³-hybridized carbons (Fsp3) is 0.450. The molecule has 55 heavy (non-hydrogen) atoms. The van der Waals surface area contributed by atoms with Crippen LogP contribution in [0.2, 0.25) is 0 Å². The first-order valence-corrected chi connectivity index (χ1v) is 18.8. The van der Waals surface area contributed by atoms with E-state index in [1.165, 1.54) is 41.4 Å². The average Bonchev–Trinajstić information content (AvgIpc) is 3.97. The summed E-state index contributed by atoms with van der Waals surface area (Å²) in [5.74, 6) is -1.21. The van der Waals surface area contributed by atoms with Crippen LogP contribution < -0.4 is 21.3 Å². The molecule has 2 fully saturated rings. The Kier molecular flexibility index (Phi) is 10.8. The van der Waals surface area contributed by atoms with E-state index in [4.69, 9.17) is 9.47 Å². The van der Waals surface area contributed by atoms with Crippen molar-refractivity contribution in [2.75, 3.05) is 31.5 Å². The van der Waals surface area contributed by atoms with Crippen LogP contribution in [-0.4, -0.2) is 72.7 Å². The van der Waals surface area contributed by atoms with E-state index in [2.05, 4.69) is 20.2 Å². The number of fused-ring (bicyclic) bond motifs is 1. The Labute approximate surface area is 316 Å². The predicted octanol–water partition coefficient (Wildman–Crippen LogP) is 5.92. The zero-order valence-corrected chi connectivity index (χ0v) is 31.2. The molecule has 3 aliphatic rings. The van der Waals surface area contributed by atoms with Gasteiger partial charge in [-0.05, 0) is 114 Å². The summed E-state index contributed by atoms with van der Waals surface area (Å²) in [5.41, 5.74) is -0.542. The van der Waals surface area contributed by atoms with Crippen molar-refractivity contribution in [2.24, 2.45) is 11.8 Å². The normalized spacial score (nSPS) is 16.4. The molecule has 4 aromatic rings. The van der Waals surface area contributed by atoms with E-state index in [1.54, 1.807) is 4.90 Å². The molecule has 0 spiro atoms. The number of benzene rings is 2. The van der Waals surface area contributed by atoms with E-state index in [0.717, 1.165) is 79.2 Å². The number of hydrogen-bond acceptors (Lipinski definition) is 9. The summed E-state index contributed by atoms with van der Waals surface area (Å²) in [6.45, 7) is 9.58. The molecule has 0 radical (unpaired) electrons. The summed E-state index contributed by atoms with van der Waals surface area (Å²) in [5, 5.41) is 2.56. The molecule has 2 aromatic heterocycles. The minimum Gasteiger partial charge on any atom is -0.444 e. The SMILES string of the molecule is CC(C)(C)OC(=O)N1CCC(CCN2CCc3c(ncnc3Oc3ccc(NC(=O)c4cn(CC5CC5)c(=O)n(-c5ccc(F)cc5)c4=O)cc3F)C2)CC1. The standard InChI is InChI=1S/C40H45F2N7O6/c1-40(2,3)55-39(53)47-18-13-25(14-19-47)12-16-46-17-15-30-33(23-46)43-24-44-36(30)54-34-11-8-28(20-32(34)42)45-35(50)31-22-48(21-26-4-5-26)38(52)49(37(31)51)29-9-6-27(41)7-10-29/h6-11,20,22,24-26H,4-5,12-19,21,23H2,1-3H3,(H,45,50). The Balaban J connectivity index is 0.978. The summed E-state index contributed by atoms with van der Waals surface area (Å²) in [6.07, 6.45) is 7.72. The van der Waals surface area contributed by atoms with Gasteiger partial charge in [0.2, 0.25) is 5.88 Å². The Morgan fingerprint density at radius 2 is 1.69 bits per heavy atom. The molecule has 0 bridgehead atoms. The Morgan fingerprint density at radius 3 is 2.38 bits per heavy atom. The summed E-state index contributed by atoms with van der Waals surface area (Å²) < 4.78 is 42.7. The van der Waals surface area contributed by atoms with Crippen molar-refractivity contribution >= 4 is 17.7 Å². The second kappa shape index (κ2) is 15.7. The van der Waals surface area contributed by atoms with Gasteiger partial charge in [0.25, 0.3) is 11.5 Å². The first-order valence-electron chi connectivity index (χ1n) is 18.8. The molecule has 1 aliphatic carbocycles. The van der Waals surface area contributed by atoms with Crippen molar-refractivity contribution in [3.05, 3.63) is 104 Å². The van der Waals surface area contributed by atoms with Crippen LogP contribution in [-0.2, 0) is 24.2 Å². The Bertz CT molecular complexity index is 2190. The van der Waals surface area contributed by atoms with Gasteiger partial charge in [-0.3, -0.25) is 19.1 Å². The lowest BCUT2D eigenvalue weighted by molar-refractivity contribution is 0.0177. The van der Waals surface area contributed by atoms with Gasteiger partial charge >= 0.3 is 11.8 Å². The lowest BCUT2D eigenvalue weighted by Crippen LogP contribution is -2.42. The van der Waals surface area contributed by atoms with Crippen LogP contribution in [0.1, 0.15) is 74.5 Å². The molecule has 13 nitrogen and oxygen atoms in total. The second-order valence-electron chi connectivity index (χ2n) is 15.6. The highest BCUT2D eigenvalue weighted by Crippen LogP contribution is 2.32. The van der Waals surface area contributed by atoms with E-state index in [9.17, 15) is 23.6 Å². The van der Waals surface area contributed by atoms with E-state index >= 15 is 4.39 Å². The molecule has 0 unspecified atom stereocenters. The van der Waals surface area contributed by atoms with E-state index in [0.29, 0.717) is 38.5 Å². The molecule has 1 saturated heterocycles. The van der Waals surface area contributed by atoms with Crippen LogP contribution in [0.5, 0.6) is 11.6 Å². The van der Waals surface area contributed by atoms with E-state index in [-0.39, 0.29) is 40.6 Å². The van der Waals surface area contributed by atoms with Gasteiger partial charge in [0, 0.05) is 56.2 Å². The van der Waals surface area contributed by atoms with Crippen molar-refractivity contribution in [2.45, 2.75) is 78.0 Å². The number of hydrogen-bond donors (Lipinski definition) is 1. The topological polar surface area (TPSA) is 141 Å². The van der Waals surface area contributed by atoms with Gasteiger partial charge < -0.3 is 19.7 Å². The second-order valence-corrected chi connectivity index (χ2v) is 15.6. The maximum atomic E-state index is 15.5. The molecule has 4 heterocycles. The first-order chi connectivity index (χ1) is 26.3. The number of ether oxygens (including phenoxy) is 2. The Morgan fingerprint density at radius 1 is 0.945 bits per heavy atom. The molecule has 1 N–H and O–H groups in total. The summed E-state index contributed by atoms with van der Waals surface area (Å²) in [6, 6.07) is 8.74. The summed E-state index contributed by atoms with van der Waals surface area (Å²) in [4.78, 5) is 65.5. The van der Waals surface area contributed by atoms with Crippen LogP contribution in [0.4, 0.5) is 19.3 Å². The molecular weight excluding hydrogens is 712 g/mol. The number of likely N-dealkylation sites (tertiary alicyclic amines) is 1. The molecule has 2 aliphatic heterocycles. The highest BCUT2D eigenvalue weighted by atomic mass is 19.1. The average molecular weight is 758 g/mol. The third-order valence-electron chi connectivity index (χ3n) is 10.2. The minimum atomic E-state index is -0.880. The van der Waals surface area contributed by atoms with Gasteiger partial charge in [-0.1, -0.05) is 0 Å². The van der Waals surface area contributed by atoms with Crippen molar-refractivity contribution in [1.29, 1.82) is 0 Å². The smallest absolute Gasteiger partial charge is 0.410 e. The predicted molar refractivity (Wildman–Crippen MR) is 200 cm³/mol. The fourth-order valence-corrected chi connectivity index (χ4v) is 7.00. The highest BCUT2D eigenvalue weighted by Gasteiger charge is 2.29. The van der Waals surface area contributed by atoms with E-state index in [1.807, 2.05) is 20.8 Å². The number of nitrogens with one attached hydrogen (secondary N) is 1. The molecule has 15 heteroatoms. The molecule has 1 saturated carbocycles. The number of nitrogens with zero attached hydrogens (tertiary/aromatic N) is 6. The maximum Gasteiger partial charge on any atom is 0.410 e. The van der Waals surface area contributed by atoms with Crippen molar-refractivity contribution < 1.29 is 27.8 Å². The molecule has 2 aromatic carbocycles. The van der Waals surface area contributed by atoms with Crippen LogP contribution in [0.25, 0.3) is 5.69 Å². The third-order valence-corrected chi connectivity index (χ3v) is 10.2. The number of piperidine rings is 1. The number of amides is 2. The number of carbonyl (C=O) groups is 2. The van der Waals surface area contributed by atoms with Crippen LogP contribution in [0, 0.1) is 23.5 Å². The van der Waals surface area contributed by atoms with Crippen molar-refractivity contribution in [1.82, 2.24) is 28.9 Å². The van der Waals surface area contributed by atoms with Crippen molar-refractivity contribution in [3.63, 3.8) is 0 Å². The van der Waals surface area contributed by atoms with Gasteiger partial charge in [-0.2, -0.15) is 0 Å². The molecule has 290 valence electrons. The lowest BCUT2D eigenvalue weighted by atomic mass is 9.93. The zero-order chi connectivity index (χ0) is 38.9. The maximum absolute atomic E-state index is 15.5. The monoisotopic (exact) mass is 757 g/mol. The number of anilines is 1. The van der Waals surface area contributed by atoms with Gasteiger partial charge in [-0.15, -0.1) is 0 Å². The summed E-state index contributed by atoms with van der Waals surface area (Å²) in [7, 11) is 0. The molecule has 2 amide bonds. The number of carbonyl (C=O) groups excluding carboxylic acids is 2. The van der Waals surface area contributed by atoms with Gasteiger partial charge in [0.1, 0.15) is 23.3 Å².